The summed E-state index contributed by atoms with van der Waals surface area (Å²) in [5.74, 6) is 0.866. The molecule has 1 saturated carbocycles. The second kappa shape index (κ2) is 6.30. The summed E-state index contributed by atoms with van der Waals surface area (Å²) < 4.78 is 0. The predicted octanol–water partition coefficient (Wildman–Crippen LogP) is 2.16. The lowest BCUT2D eigenvalue weighted by Gasteiger charge is -2.37. The normalized spacial score (nSPS) is 19.9. The Morgan fingerprint density at radius 2 is 2.15 bits per heavy atom. The van der Waals surface area contributed by atoms with Crippen molar-refractivity contribution in [2.45, 2.75) is 31.3 Å². The molecule has 0 atom stereocenters. The summed E-state index contributed by atoms with van der Waals surface area (Å²) in [5.41, 5.74) is 2.08. The standard InChI is InChI=1S/C15H21N3O.HI/c1-16-14(17-11-15(19)8-4-9-15)18-10-7-12-5-2-3-6-13(12)18;/h2-3,5-6,19H,4,7-11H2,1H3,(H,16,17);1H. The van der Waals surface area contributed by atoms with Crippen LogP contribution in [0, 0.1) is 0 Å². The number of hydrogen-bond donors (Lipinski definition) is 2. The van der Waals surface area contributed by atoms with Gasteiger partial charge in [0.15, 0.2) is 5.96 Å². The first kappa shape index (κ1) is 15.6. The number of aliphatic hydroxyl groups is 1. The van der Waals surface area contributed by atoms with Crippen LogP contribution < -0.4 is 10.2 Å². The number of guanidine groups is 1. The molecule has 1 aliphatic carbocycles. The van der Waals surface area contributed by atoms with E-state index in [9.17, 15) is 5.11 Å². The number of aliphatic imine (C=N–C) groups is 1. The van der Waals surface area contributed by atoms with E-state index in [1.807, 2.05) is 0 Å². The molecule has 2 aliphatic rings. The third kappa shape index (κ3) is 2.93. The Hall–Kier alpha value is -0.820. The highest BCUT2D eigenvalue weighted by molar-refractivity contribution is 14.0. The van der Waals surface area contributed by atoms with Crippen molar-refractivity contribution in [2.75, 3.05) is 25.0 Å². The number of halogens is 1. The molecular formula is C15H22IN3O. The minimum Gasteiger partial charge on any atom is -0.388 e. The summed E-state index contributed by atoms with van der Waals surface area (Å²) in [4.78, 5) is 6.56. The molecule has 110 valence electrons. The number of anilines is 1. The van der Waals surface area contributed by atoms with Crippen molar-refractivity contribution in [3.63, 3.8) is 0 Å². The molecule has 1 fully saturated rings. The number of nitrogens with one attached hydrogen (secondary N) is 1. The van der Waals surface area contributed by atoms with E-state index in [-0.39, 0.29) is 24.0 Å². The summed E-state index contributed by atoms with van der Waals surface area (Å²) in [6.45, 7) is 1.55. The second-order valence-corrected chi connectivity index (χ2v) is 5.51. The van der Waals surface area contributed by atoms with Gasteiger partial charge in [-0.2, -0.15) is 0 Å². The summed E-state index contributed by atoms with van der Waals surface area (Å²) in [5, 5.41) is 13.5. The van der Waals surface area contributed by atoms with Gasteiger partial charge < -0.3 is 15.3 Å². The second-order valence-electron chi connectivity index (χ2n) is 5.51. The van der Waals surface area contributed by atoms with Gasteiger partial charge in [0, 0.05) is 25.8 Å². The van der Waals surface area contributed by atoms with Crippen LogP contribution in [0.3, 0.4) is 0 Å². The molecular weight excluding hydrogens is 365 g/mol. The highest BCUT2D eigenvalue weighted by Crippen LogP contribution is 2.31. The van der Waals surface area contributed by atoms with E-state index < -0.39 is 5.60 Å². The zero-order chi connectivity index (χ0) is 13.3. The molecule has 2 N–H and O–H groups in total. The number of para-hydroxylation sites is 1. The Morgan fingerprint density at radius 3 is 2.80 bits per heavy atom. The lowest BCUT2D eigenvalue weighted by atomic mass is 9.80. The summed E-state index contributed by atoms with van der Waals surface area (Å²) in [6.07, 6.45) is 3.98. The number of benzene rings is 1. The smallest absolute Gasteiger partial charge is 0.198 e. The van der Waals surface area contributed by atoms with Crippen LogP contribution in [0.25, 0.3) is 0 Å². The van der Waals surface area contributed by atoms with Crippen molar-refractivity contribution in [1.82, 2.24) is 5.32 Å². The van der Waals surface area contributed by atoms with E-state index in [4.69, 9.17) is 0 Å². The lowest BCUT2D eigenvalue weighted by molar-refractivity contribution is -0.0278. The Kier molecular flexibility index (Phi) is 4.90. The van der Waals surface area contributed by atoms with Crippen LogP contribution in [0.2, 0.25) is 0 Å². The number of hydrogen-bond acceptors (Lipinski definition) is 2. The molecule has 0 aromatic heterocycles. The van der Waals surface area contributed by atoms with Crippen LogP contribution in [0.5, 0.6) is 0 Å². The Balaban J connectivity index is 0.00000147. The van der Waals surface area contributed by atoms with E-state index in [1.54, 1.807) is 7.05 Å². The summed E-state index contributed by atoms with van der Waals surface area (Å²) >= 11 is 0. The minimum absolute atomic E-state index is 0. The Bertz CT molecular complexity index is 500. The monoisotopic (exact) mass is 387 g/mol. The molecule has 1 aromatic carbocycles. The maximum absolute atomic E-state index is 10.2. The summed E-state index contributed by atoms with van der Waals surface area (Å²) in [7, 11) is 1.80. The molecule has 0 radical (unpaired) electrons. The average molecular weight is 387 g/mol. The van der Waals surface area contributed by atoms with Crippen molar-refractivity contribution in [2.24, 2.45) is 4.99 Å². The van der Waals surface area contributed by atoms with E-state index in [1.165, 1.54) is 11.3 Å². The molecule has 1 aliphatic heterocycles. The molecule has 1 heterocycles. The zero-order valence-electron chi connectivity index (χ0n) is 11.8. The number of fused-ring (bicyclic) bond motifs is 1. The molecule has 0 saturated heterocycles. The molecule has 0 bridgehead atoms. The molecule has 0 spiro atoms. The van der Waals surface area contributed by atoms with Gasteiger partial charge in [-0.3, -0.25) is 4.99 Å². The van der Waals surface area contributed by atoms with Gasteiger partial charge in [0.1, 0.15) is 0 Å². The molecule has 20 heavy (non-hydrogen) atoms. The van der Waals surface area contributed by atoms with E-state index in [0.717, 1.165) is 38.2 Å². The van der Waals surface area contributed by atoms with Crippen LogP contribution >= 0.6 is 24.0 Å². The highest BCUT2D eigenvalue weighted by Gasteiger charge is 2.35. The van der Waals surface area contributed by atoms with Gasteiger partial charge >= 0.3 is 0 Å². The van der Waals surface area contributed by atoms with Crippen molar-refractivity contribution in [3.8, 4) is 0 Å². The first-order chi connectivity index (χ1) is 9.22. The van der Waals surface area contributed by atoms with Gasteiger partial charge in [-0.25, -0.2) is 0 Å². The van der Waals surface area contributed by atoms with Crippen LogP contribution in [0.4, 0.5) is 5.69 Å². The first-order valence-electron chi connectivity index (χ1n) is 7.00. The molecule has 5 heteroatoms. The Labute approximate surface area is 137 Å². The topological polar surface area (TPSA) is 47.9 Å². The zero-order valence-corrected chi connectivity index (χ0v) is 14.1. The van der Waals surface area contributed by atoms with Gasteiger partial charge in [-0.1, -0.05) is 18.2 Å². The van der Waals surface area contributed by atoms with Crippen LogP contribution in [-0.2, 0) is 6.42 Å². The number of rotatable bonds is 2. The van der Waals surface area contributed by atoms with Crippen LogP contribution in [0.15, 0.2) is 29.3 Å². The van der Waals surface area contributed by atoms with Gasteiger partial charge in [0.05, 0.1) is 5.60 Å². The van der Waals surface area contributed by atoms with Crippen LogP contribution in [0.1, 0.15) is 24.8 Å². The maximum atomic E-state index is 10.2. The van der Waals surface area contributed by atoms with E-state index in [2.05, 4.69) is 39.5 Å². The van der Waals surface area contributed by atoms with Gasteiger partial charge in [0.2, 0.25) is 0 Å². The third-order valence-corrected chi connectivity index (χ3v) is 4.21. The molecule has 0 amide bonds. The van der Waals surface area contributed by atoms with Crippen molar-refractivity contribution in [3.05, 3.63) is 29.8 Å². The van der Waals surface area contributed by atoms with E-state index >= 15 is 0 Å². The molecule has 3 rings (SSSR count). The van der Waals surface area contributed by atoms with Gasteiger partial charge in [-0.05, 0) is 37.3 Å². The lowest BCUT2D eigenvalue weighted by Crippen LogP contribution is -2.51. The summed E-state index contributed by atoms with van der Waals surface area (Å²) in [6, 6.07) is 8.44. The van der Waals surface area contributed by atoms with E-state index in [0.29, 0.717) is 6.54 Å². The Morgan fingerprint density at radius 1 is 1.40 bits per heavy atom. The average Bonchev–Trinajstić information content (AvgIpc) is 2.82. The fourth-order valence-corrected chi connectivity index (χ4v) is 2.86. The maximum Gasteiger partial charge on any atom is 0.198 e. The fraction of sp³-hybridized carbons (Fsp3) is 0.533. The molecule has 0 unspecified atom stereocenters. The largest absolute Gasteiger partial charge is 0.388 e. The fourth-order valence-electron chi connectivity index (χ4n) is 2.86. The van der Waals surface area contributed by atoms with Crippen molar-refractivity contribution >= 4 is 35.6 Å². The third-order valence-electron chi connectivity index (χ3n) is 4.21. The van der Waals surface area contributed by atoms with Crippen molar-refractivity contribution in [1.29, 1.82) is 0 Å². The van der Waals surface area contributed by atoms with Crippen LogP contribution in [-0.4, -0.2) is 36.8 Å². The SMILES string of the molecule is CN=C(NCC1(O)CCC1)N1CCc2ccccc21.I. The van der Waals surface area contributed by atoms with Crippen molar-refractivity contribution < 1.29 is 5.11 Å². The highest BCUT2D eigenvalue weighted by atomic mass is 127. The molecule has 4 nitrogen and oxygen atoms in total. The van der Waals surface area contributed by atoms with Gasteiger partial charge in [-0.15, -0.1) is 24.0 Å². The first-order valence-corrected chi connectivity index (χ1v) is 7.00. The number of nitrogens with zero attached hydrogens (tertiary/aromatic N) is 2. The predicted molar refractivity (Wildman–Crippen MR) is 93.1 cm³/mol. The minimum atomic E-state index is -0.519. The van der Waals surface area contributed by atoms with Gasteiger partial charge in [0.25, 0.3) is 0 Å². The molecule has 1 aromatic rings. The quantitative estimate of drug-likeness (QED) is 0.465.